The van der Waals surface area contributed by atoms with Gasteiger partial charge < -0.3 is 9.80 Å². The Bertz CT molecular complexity index is 854. The zero-order valence-electron chi connectivity index (χ0n) is 15.3. The molecule has 2 aliphatic rings. The minimum atomic E-state index is -0.727. The van der Waals surface area contributed by atoms with Crippen LogP contribution in [0.5, 0.6) is 0 Å². The largest absolute Gasteiger partial charge is 0.356 e. The molecule has 0 radical (unpaired) electrons. The number of rotatable bonds is 3. The lowest BCUT2D eigenvalue weighted by molar-refractivity contribution is -0.133. The zero-order valence-corrected chi connectivity index (χ0v) is 15.3. The normalized spacial score (nSPS) is 20.2. The Morgan fingerprint density at radius 1 is 1.23 bits per heavy atom. The van der Waals surface area contributed by atoms with E-state index in [4.69, 9.17) is 0 Å². The summed E-state index contributed by atoms with van der Waals surface area (Å²) >= 11 is 0. The van der Waals surface area contributed by atoms with Crippen molar-refractivity contribution in [2.75, 3.05) is 31.6 Å². The Hall–Kier alpha value is -2.71. The molecular formula is C17H23N7O2. The number of urea groups is 1. The van der Waals surface area contributed by atoms with Crippen LogP contribution in [0.4, 0.5) is 10.6 Å². The van der Waals surface area contributed by atoms with Gasteiger partial charge in [-0.2, -0.15) is 5.10 Å². The number of imide groups is 1. The van der Waals surface area contributed by atoms with Gasteiger partial charge in [0.25, 0.3) is 5.91 Å². The molecule has 4 rings (SSSR count). The van der Waals surface area contributed by atoms with E-state index in [9.17, 15) is 9.59 Å². The van der Waals surface area contributed by atoms with Crippen LogP contribution in [-0.4, -0.2) is 74.1 Å². The van der Waals surface area contributed by atoms with Gasteiger partial charge in [0.05, 0.1) is 11.6 Å². The average molecular weight is 357 g/mol. The van der Waals surface area contributed by atoms with Crippen molar-refractivity contribution < 1.29 is 9.59 Å². The van der Waals surface area contributed by atoms with Crippen LogP contribution in [-0.2, 0) is 4.79 Å². The van der Waals surface area contributed by atoms with Gasteiger partial charge in [-0.25, -0.2) is 14.8 Å². The number of hydrogen-bond donors (Lipinski definition) is 1. The van der Waals surface area contributed by atoms with E-state index in [0.717, 1.165) is 11.2 Å². The van der Waals surface area contributed by atoms with E-state index >= 15 is 0 Å². The van der Waals surface area contributed by atoms with Crippen LogP contribution < -0.4 is 4.90 Å². The van der Waals surface area contributed by atoms with Crippen molar-refractivity contribution in [3.05, 3.63) is 12.5 Å². The van der Waals surface area contributed by atoms with Crippen LogP contribution >= 0.6 is 0 Å². The molecule has 9 nitrogen and oxygen atoms in total. The summed E-state index contributed by atoms with van der Waals surface area (Å²) in [7, 11) is 1.58. The van der Waals surface area contributed by atoms with Gasteiger partial charge in [-0.3, -0.25) is 14.8 Å². The van der Waals surface area contributed by atoms with Crippen molar-refractivity contribution in [2.24, 2.45) is 5.92 Å². The molecule has 138 valence electrons. The number of aromatic nitrogens is 4. The number of carbonyl (C=O) groups excluding carboxylic acids is 2. The summed E-state index contributed by atoms with van der Waals surface area (Å²) in [6.45, 7) is 6.02. The Kier molecular flexibility index (Phi) is 3.82. The van der Waals surface area contributed by atoms with Crippen molar-refractivity contribution in [2.45, 2.75) is 32.2 Å². The highest BCUT2D eigenvalue weighted by molar-refractivity contribution is 6.07. The highest BCUT2D eigenvalue weighted by Crippen LogP contribution is 2.38. The van der Waals surface area contributed by atoms with Crippen LogP contribution in [0, 0.1) is 5.92 Å². The number of nitrogens with one attached hydrogen (secondary N) is 1. The van der Waals surface area contributed by atoms with Gasteiger partial charge in [0, 0.05) is 26.7 Å². The number of amides is 3. The van der Waals surface area contributed by atoms with Crippen LogP contribution in [0.15, 0.2) is 12.5 Å². The summed E-state index contributed by atoms with van der Waals surface area (Å²) in [5.41, 5.74) is -0.0293. The molecule has 0 saturated carbocycles. The molecule has 0 aliphatic carbocycles. The van der Waals surface area contributed by atoms with Crippen LogP contribution in [0.25, 0.3) is 11.0 Å². The zero-order chi connectivity index (χ0) is 18.5. The first-order valence-corrected chi connectivity index (χ1v) is 8.93. The molecule has 0 aromatic carbocycles. The summed E-state index contributed by atoms with van der Waals surface area (Å²) in [6.07, 6.45) is 4.43. The molecule has 0 unspecified atom stereocenters. The van der Waals surface area contributed by atoms with Gasteiger partial charge in [0.1, 0.15) is 17.7 Å². The molecule has 2 fully saturated rings. The van der Waals surface area contributed by atoms with Crippen LogP contribution in [0.1, 0.15) is 26.7 Å². The van der Waals surface area contributed by atoms with Crippen LogP contribution in [0.3, 0.4) is 0 Å². The monoisotopic (exact) mass is 357 g/mol. The Morgan fingerprint density at radius 3 is 2.65 bits per heavy atom. The maximum absolute atomic E-state index is 12.9. The highest BCUT2D eigenvalue weighted by Gasteiger charge is 2.56. The third-order valence-corrected chi connectivity index (χ3v) is 5.40. The van der Waals surface area contributed by atoms with E-state index in [0.29, 0.717) is 44.0 Å². The average Bonchev–Trinajstić information content (AvgIpc) is 3.18. The first kappa shape index (κ1) is 16.7. The third kappa shape index (κ3) is 2.33. The van der Waals surface area contributed by atoms with E-state index < -0.39 is 5.54 Å². The molecule has 9 heteroatoms. The number of carbonyl (C=O) groups is 2. The lowest BCUT2D eigenvalue weighted by Crippen LogP contribution is -2.57. The van der Waals surface area contributed by atoms with Gasteiger partial charge >= 0.3 is 6.03 Å². The number of fused-ring (bicyclic) bond motifs is 1. The Labute approximate surface area is 151 Å². The molecule has 4 heterocycles. The third-order valence-electron chi connectivity index (χ3n) is 5.40. The van der Waals surface area contributed by atoms with Crippen molar-refractivity contribution >= 4 is 28.8 Å². The predicted octanol–water partition coefficient (Wildman–Crippen LogP) is 1.24. The number of nitrogens with zero attached hydrogens (tertiary/aromatic N) is 6. The maximum atomic E-state index is 12.9. The number of hydrogen-bond acceptors (Lipinski definition) is 6. The lowest BCUT2D eigenvalue weighted by atomic mass is 9.85. The number of H-pyrrole nitrogens is 1. The second kappa shape index (κ2) is 5.93. The Balaban J connectivity index is 1.61. The SMILES string of the molecule is CC(C)CN1C(=O)N(C)C(=O)C12CCN(c1ncnc3[nH]ncc13)CC2. The molecule has 0 atom stereocenters. The minimum absolute atomic E-state index is 0.0843. The van der Waals surface area contributed by atoms with E-state index in [2.05, 4.69) is 38.9 Å². The minimum Gasteiger partial charge on any atom is -0.356 e. The lowest BCUT2D eigenvalue weighted by Gasteiger charge is -2.43. The molecule has 1 N–H and O–H groups in total. The number of aromatic amines is 1. The quantitative estimate of drug-likeness (QED) is 0.830. The molecule has 2 aromatic rings. The molecule has 2 aliphatic heterocycles. The number of piperidine rings is 1. The summed E-state index contributed by atoms with van der Waals surface area (Å²) in [4.78, 5) is 39.3. The van der Waals surface area contributed by atoms with Gasteiger partial charge in [-0.15, -0.1) is 0 Å². The summed E-state index contributed by atoms with van der Waals surface area (Å²) < 4.78 is 0. The standard InChI is InChI=1S/C17H23N7O2/c1-11(2)9-24-16(26)22(3)15(25)17(24)4-6-23(7-5-17)14-12-8-20-21-13(12)18-10-19-14/h8,10-11H,4-7,9H2,1-3H3,(H,18,19,20,21). The summed E-state index contributed by atoms with van der Waals surface area (Å²) in [5.74, 6) is 1.04. The fraction of sp³-hybridized carbons (Fsp3) is 0.588. The molecule has 1 spiro atoms. The molecule has 2 aromatic heterocycles. The van der Waals surface area contributed by atoms with Crippen molar-refractivity contribution in [3.8, 4) is 0 Å². The van der Waals surface area contributed by atoms with E-state index in [1.807, 2.05) is 0 Å². The number of likely N-dealkylation sites (N-methyl/N-ethyl adjacent to an activating group) is 1. The van der Waals surface area contributed by atoms with Gasteiger partial charge in [0.15, 0.2) is 5.65 Å². The van der Waals surface area contributed by atoms with E-state index in [1.165, 1.54) is 11.2 Å². The number of anilines is 1. The molecule has 26 heavy (non-hydrogen) atoms. The highest BCUT2D eigenvalue weighted by atomic mass is 16.2. The maximum Gasteiger partial charge on any atom is 0.327 e. The smallest absolute Gasteiger partial charge is 0.327 e. The predicted molar refractivity (Wildman–Crippen MR) is 95.6 cm³/mol. The fourth-order valence-electron chi connectivity index (χ4n) is 4.07. The van der Waals surface area contributed by atoms with Crippen molar-refractivity contribution in [1.29, 1.82) is 0 Å². The van der Waals surface area contributed by atoms with Gasteiger partial charge in [-0.1, -0.05) is 13.8 Å². The van der Waals surface area contributed by atoms with E-state index in [-0.39, 0.29) is 11.9 Å². The van der Waals surface area contributed by atoms with E-state index in [1.54, 1.807) is 18.1 Å². The molecule has 0 bridgehead atoms. The second-order valence-electron chi connectivity index (χ2n) is 7.50. The molecular weight excluding hydrogens is 334 g/mol. The summed E-state index contributed by atoms with van der Waals surface area (Å²) in [5, 5.41) is 7.76. The van der Waals surface area contributed by atoms with Crippen LogP contribution in [0.2, 0.25) is 0 Å². The first-order valence-electron chi connectivity index (χ1n) is 8.93. The van der Waals surface area contributed by atoms with Gasteiger partial charge in [0.2, 0.25) is 0 Å². The van der Waals surface area contributed by atoms with Crippen molar-refractivity contribution in [1.82, 2.24) is 30.0 Å². The molecule has 2 saturated heterocycles. The Morgan fingerprint density at radius 2 is 1.96 bits per heavy atom. The first-order chi connectivity index (χ1) is 12.4. The second-order valence-corrected chi connectivity index (χ2v) is 7.50. The van der Waals surface area contributed by atoms with Crippen molar-refractivity contribution in [3.63, 3.8) is 0 Å². The topological polar surface area (TPSA) is 98.3 Å². The van der Waals surface area contributed by atoms with Gasteiger partial charge in [-0.05, 0) is 18.8 Å². The summed E-state index contributed by atoms with van der Waals surface area (Å²) in [6, 6.07) is -0.184. The molecule has 3 amide bonds. The fourth-order valence-corrected chi connectivity index (χ4v) is 4.07.